The van der Waals surface area contributed by atoms with Crippen LogP contribution in [0.15, 0.2) is 91.0 Å². The molecular weight excluding hydrogens is 410 g/mol. The smallest absolute Gasteiger partial charge is 0.308 e. The fourth-order valence-corrected chi connectivity index (χ4v) is 4.38. The van der Waals surface area contributed by atoms with Gasteiger partial charge in [-0.2, -0.15) is 0 Å². The average molecular weight is 444 g/mol. The lowest BCUT2D eigenvalue weighted by Gasteiger charge is -2.41. The molecule has 0 unspecified atom stereocenters. The van der Waals surface area contributed by atoms with Crippen molar-refractivity contribution in [2.75, 3.05) is 7.11 Å². The number of ether oxygens (including phenoxy) is 1. The monoisotopic (exact) mass is 443 g/mol. The van der Waals surface area contributed by atoms with Gasteiger partial charge in [-0.15, -0.1) is 0 Å². The fourth-order valence-electron chi connectivity index (χ4n) is 4.38. The van der Waals surface area contributed by atoms with Crippen molar-refractivity contribution >= 4 is 11.8 Å². The molecule has 0 radical (unpaired) electrons. The minimum Gasteiger partial charge on any atom is -0.469 e. The highest BCUT2D eigenvalue weighted by Gasteiger charge is 2.40. The van der Waals surface area contributed by atoms with Gasteiger partial charge in [-0.3, -0.25) is 14.9 Å². The Bertz CT molecular complexity index is 936. The van der Waals surface area contributed by atoms with Crippen molar-refractivity contribution in [3.63, 3.8) is 0 Å². The van der Waals surface area contributed by atoms with Gasteiger partial charge in [0, 0.05) is 6.42 Å². The van der Waals surface area contributed by atoms with Gasteiger partial charge in [-0.1, -0.05) is 112 Å². The first-order valence-electron chi connectivity index (χ1n) is 11.4. The Balaban J connectivity index is 2.16. The van der Waals surface area contributed by atoms with E-state index in [0.29, 0.717) is 0 Å². The zero-order valence-corrected chi connectivity index (χ0v) is 19.8. The second-order valence-electron chi connectivity index (χ2n) is 8.81. The number of benzene rings is 3. The molecule has 0 saturated heterocycles. The van der Waals surface area contributed by atoms with Gasteiger partial charge in [-0.25, -0.2) is 0 Å². The van der Waals surface area contributed by atoms with Crippen LogP contribution >= 0.6 is 0 Å². The molecule has 4 nitrogen and oxygen atoms in total. The predicted molar refractivity (Wildman–Crippen MR) is 132 cm³/mol. The number of ketones is 1. The van der Waals surface area contributed by atoms with Gasteiger partial charge in [-0.05, 0) is 22.6 Å². The summed E-state index contributed by atoms with van der Waals surface area (Å²) in [6, 6.07) is 30.1. The third kappa shape index (κ3) is 5.40. The van der Waals surface area contributed by atoms with E-state index < -0.39 is 17.5 Å². The number of Topliss-reactive ketones (excluding diaryl/α,β-unsaturated/α-hetero) is 1. The number of rotatable bonds is 10. The Morgan fingerprint density at radius 3 is 1.48 bits per heavy atom. The van der Waals surface area contributed by atoms with E-state index in [-0.39, 0.29) is 24.1 Å². The maximum atomic E-state index is 13.5. The number of methoxy groups -OCH3 is 1. The summed E-state index contributed by atoms with van der Waals surface area (Å²) in [5.41, 5.74) is 2.38. The number of hydrogen-bond donors (Lipinski definition) is 1. The second-order valence-corrected chi connectivity index (χ2v) is 8.81. The molecule has 3 aromatic rings. The molecule has 0 heterocycles. The molecule has 3 rings (SSSR count). The van der Waals surface area contributed by atoms with Crippen LogP contribution in [0, 0.1) is 11.8 Å². The predicted octanol–water partition coefficient (Wildman–Crippen LogP) is 5.36. The Hall–Kier alpha value is -3.24. The van der Waals surface area contributed by atoms with Gasteiger partial charge >= 0.3 is 5.97 Å². The van der Waals surface area contributed by atoms with E-state index in [1.807, 2.05) is 68.4 Å². The van der Waals surface area contributed by atoms with Crippen LogP contribution in [0.1, 0.15) is 43.9 Å². The number of carbonyl (C=O) groups is 2. The third-order valence-electron chi connectivity index (χ3n) is 6.12. The van der Waals surface area contributed by atoms with Gasteiger partial charge in [0.1, 0.15) is 0 Å². The van der Waals surface area contributed by atoms with E-state index in [1.165, 1.54) is 7.11 Å². The zero-order chi connectivity index (χ0) is 23.8. The quantitative estimate of drug-likeness (QED) is 0.338. The summed E-state index contributed by atoms with van der Waals surface area (Å²) in [6.07, 6.45) is 0.122. The second kappa shape index (κ2) is 11.1. The van der Waals surface area contributed by atoms with Crippen molar-refractivity contribution in [1.82, 2.24) is 5.32 Å². The SMILES string of the molecule is COC(=O)[C@@H](C)CC(=O)[C@@H](NC(c1ccccc1)(c1ccccc1)c1ccccc1)C(C)C. The molecule has 0 aliphatic rings. The van der Waals surface area contributed by atoms with E-state index in [9.17, 15) is 9.59 Å². The minimum absolute atomic E-state index is 0.00457. The van der Waals surface area contributed by atoms with Gasteiger partial charge in [0.05, 0.1) is 24.6 Å². The van der Waals surface area contributed by atoms with Crippen molar-refractivity contribution in [2.45, 2.75) is 38.8 Å². The van der Waals surface area contributed by atoms with Crippen molar-refractivity contribution in [3.05, 3.63) is 108 Å². The normalized spacial score (nSPS) is 13.4. The molecule has 1 N–H and O–H groups in total. The Morgan fingerprint density at radius 1 is 0.758 bits per heavy atom. The van der Waals surface area contributed by atoms with Crippen LogP contribution in [0.2, 0.25) is 0 Å². The summed E-state index contributed by atoms with van der Waals surface area (Å²) in [6.45, 7) is 5.80. The minimum atomic E-state index is -0.747. The molecule has 0 aliphatic heterocycles. The number of hydrogen-bond acceptors (Lipinski definition) is 4. The maximum absolute atomic E-state index is 13.5. The first-order valence-corrected chi connectivity index (χ1v) is 11.4. The van der Waals surface area contributed by atoms with Gasteiger partial charge < -0.3 is 4.74 Å². The lowest BCUT2D eigenvalue weighted by molar-refractivity contribution is -0.146. The van der Waals surface area contributed by atoms with Crippen LogP contribution < -0.4 is 5.32 Å². The molecule has 0 aromatic heterocycles. The summed E-state index contributed by atoms with van der Waals surface area (Å²) < 4.78 is 4.85. The third-order valence-corrected chi connectivity index (χ3v) is 6.12. The van der Waals surface area contributed by atoms with Crippen LogP contribution in [0.5, 0.6) is 0 Å². The molecule has 0 bridgehead atoms. The number of esters is 1. The molecule has 2 atom stereocenters. The highest BCUT2D eigenvalue weighted by molar-refractivity contribution is 5.88. The van der Waals surface area contributed by atoms with E-state index in [2.05, 4.69) is 41.7 Å². The molecule has 0 spiro atoms. The number of carbonyl (C=O) groups excluding carboxylic acids is 2. The van der Waals surface area contributed by atoms with Crippen LogP contribution in [-0.2, 0) is 19.9 Å². The summed E-state index contributed by atoms with van der Waals surface area (Å²) >= 11 is 0. The van der Waals surface area contributed by atoms with E-state index in [1.54, 1.807) is 6.92 Å². The van der Waals surface area contributed by atoms with Crippen molar-refractivity contribution in [1.29, 1.82) is 0 Å². The van der Waals surface area contributed by atoms with Crippen LogP contribution in [0.3, 0.4) is 0 Å². The maximum Gasteiger partial charge on any atom is 0.308 e. The summed E-state index contributed by atoms with van der Waals surface area (Å²) in [5.74, 6) is -0.857. The van der Waals surface area contributed by atoms with Crippen molar-refractivity contribution < 1.29 is 14.3 Å². The van der Waals surface area contributed by atoms with E-state index >= 15 is 0 Å². The molecule has 0 fully saturated rings. The molecular formula is C29H33NO3. The molecule has 0 amide bonds. The molecule has 33 heavy (non-hydrogen) atoms. The summed E-state index contributed by atoms with van der Waals surface area (Å²) in [7, 11) is 1.35. The van der Waals surface area contributed by atoms with Gasteiger partial charge in [0.25, 0.3) is 0 Å². The van der Waals surface area contributed by atoms with E-state index in [4.69, 9.17) is 4.74 Å². The highest BCUT2D eigenvalue weighted by atomic mass is 16.5. The molecule has 0 saturated carbocycles. The van der Waals surface area contributed by atoms with Gasteiger partial charge in [0.2, 0.25) is 0 Å². The van der Waals surface area contributed by atoms with Crippen molar-refractivity contribution in [2.24, 2.45) is 11.8 Å². The fraction of sp³-hybridized carbons (Fsp3) is 0.310. The standard InChI is InChI=1S/C29H33NO3/c1-21(2)27(26(31)20-22(3)28(32)33-4)30-29(23-14-8-5-9-15-23,24-16-10-6-11-17-24)25-18-12-7-13-19-25/h5-19,21-22,27,30H,20H2,1-4H3/t22-,27-/m0/s1. The van der Waals surface area contributed by atoms with Crippen LogP contribution in [0.25, 0.3) is 0 Å². The topological polar surface area (TPSA) is 55.4 Å². The summed E-state index contributed by atoms with van der Waals surface area (Å²) in [5, 5.41) is 3.78. The first kappa shape index (κ1) is 24.4. The Kier molecular flexibility index (Phi) is 8.18. The van der Waals surface area contributed by atoms with E-state index in [0.717, 1.165) is 16.7 Å². The first-order chi connectivity index (χ1) is 15.9. The summed E-state index contributed by atoms with van der Waals surface area (Å²) in [4.78, 5) is 25.5. The zero-order valence-electron chi connectivity index (χ0n) is 19.8. The van der Waals surface area contributed by atoms with Crippen LogP contribution in [0.4, 0.5) is 0 Å². The molecule has 4 heteroatoms. The van der Waals surface area contributed by atoms with Gasteiger partial charge in [0.15, 0.2) is 5.78 Å². The Labute approximate surface area is 197 Å². The molecule has 172 valence electrons. The molecule has 0 aliphatic carbocycles. The average Bonchev–Trinajstić information content (AvgIpc) is 2.85. The van der Waals surface area contributed by atoms with Crippen LogP contribution in [-0.4, -0.2) is 24.9 Å². The number of nitrogens with one attached hydrogen (secondary N) is 1. The highest BCUT2D eigenvalue weighted by Crippen LogP contribution is 2.38. The Morgan fingerprint density at radius 2 is 1.15 bits per heavy atom. The lowest BCUT2D eigenvalue weighted by Crippen LogP contribution is -2.54. The van der Waals surface area contributed by atoms with Crippen molar-refractivity contribution in [3.8, 4) is 0 Å². The lowest BCUT2D eigenvalue weighted by atomic mass is 9.75. The molecule has 3 aromatic carbocycles. The largest absolute Gasteiger partial charge is 0.469 e.